The standard InChI is InChI=1S/C13H16F2N2O2S/c14-10-2-1-3-11(15)12(10)20(18,19)17-7-5-13(9-17)4-6-16-8-13/h1-3,16H,4-9H2. The molecule has 2 heterocycles. The molecule has 1 aromatic rings. The summed E-state index contributed by atoms with van der Waals surface area (Å²) in [6.45, 7) is 2.27. The topological polar surface area (TPSA) is 49.4 Å². The van der Waals surface area contributed by atoms with Gasteiger partial charge in [-0.15, -0.1) is 0 Å². The second-order valence-electron chi connectivity index (χ2n) is 5.57. The highest BCUT2D eigenvalue weighted by Gasteiger charge is 2.45. The molecule has 110 valence electrons. The zero-order valence-electron chi connectivity index (χ0n) is 10.9. The Balaban J connectivity index is 1.94. The third-order valence-electron chi connectivity index (χ3n) is 4.25. The predicted molar refractivity (Wildman–Crippen MR) is 69.7 cm³/mol. The second-order valence-corrected chi connectivity index (χ2v) is 7.44. The number of sulfonamides is 1. The van der Waals surface area contributed by atoms with E-state index in [0.29, 0.717) is 13.1 Å². The third kappa shape index (κ3) is 2.13. The lowest BCUT2D eigenvalue weighted by atomic mass is 9.87. The van der Waals surface area contributed by atoms with Gasteiger partial charge in [-0.3, -0.25) is 0 Å². The first-order chi connectivity index (χ1) is 9.45. The van der Waals surface area contributed by atoms with Crippen LogP contribution in [0, 0.1) is 17.0 Å². The summed E-state index contributed by atoms with van der Waals surface area (Å²) in [5, 5.41) is 3.22. The van der Waals surface area contributed by atoms with Gasteiger partial charge in [-0.2, -0.15) is 4.31 Å². The second kappa shape index (κ2) is 4.75. The molecule has 2 aliphatic rings. The molecule has 2 aliphatic heterocycles. The van der Waals surface area contributed by atoms with Crippen molar-refractivity contribution in [3.05, 3.63) is 29.8 Å². The van der Waals surface area contributed by atoms with Crippen molar-refractivity contribution in [2.75, 3.05) is 26.2 Å². The van der Waals surface area contributed by atoms with E-state index in [1.165, 1.54) is 4.31 Å². The molecular formula is C13H16F2N2O2S. The molecule has 1 unspecified atom stereocenters. The van der Waals surface area contributed by atoms with Gasteiger partial charge in [0.25, 0.3) is 0 Å². The molecule has 3 rings (SSSR count). The average molecular weight is 302 g/mol. The minimum absolute atomic E-state index is 0.0746. The zero-order valence-corrected chi connectivity index (χ0v) is 11.7. The first kappa shape index (κ1) is 13.9. The summed E-state index contributed by atoms with van der Waals surface area (Å²) in [7, 11) is -4.11. The Morgan fingerprint density at radius 1 is 1.20 bits per heavy atom. The van der Waals surface area contributed by atoms with E-state index in [4.69, 9.17) is 0 Å². The van der Waals surface area contributed by atoms with Crippen molar-refractivity contribution in [2.24, 2.45) is 5.41 Å². The van der Waals surface area contributed by atoms with Crippen LogP contribution in [0.25, 0.3) is 0 Å². The Kier molecular flexibility index (Phi) is 3.30. The summed E-state index contributed by atoms with van der Waals surface area (Å²) in [5.41, 5.74) is -0.0746. The summed E-state index contributed by atoms with van der Waals surface area (Å²) in [6.07, 6.45) is 1.63. The molecule has 1 atom stereocenters. The van der Waals surface area contributed by atoms with Crippen LogP contribution in [0.4, 0.5) is 8.78 Å². The predicted octanol–water partition coefficient (Wildman–Crippen LogP) is 1.34. The molecule has 2 saturated heterocycles. The molecule has 0 bridgehead atoms. The Bertz CT molecular complexity index is 607. The fourth-order valence-corrected chi connectivity index (χ4v) is 4.76. The van der Waals surface area contributed by atoms with E-state index in [-0.39, 0.29) is 5.41 Å². The van der Waals surface area contributed by atoms with Crippen LogP contribution in [0.15, 0.2) is 23.1 Å². The van der Waals surface area contributed by atoms with Gasteiger partial charge in [0.2, 0.25) is 10.0 Å². The van der Waals surface area contributed by atoms with Gasteiger partial charge >= 0.3 is 0 Å². The van der Waals surface area contributed by atoms with Crippen LogP contribution in [0.5, 0.6) is 0 Å². The molecule has 2 fully saturated rings. The Morgan fingerprint density at radius 2 is 1.90 bits per heavy atom. The first-order valence-corrected chi connectivity index (χ1v) is 8.04. The molecule has 20 heavy (non-hydrogen) atoms. The summed E-state index contributed by atoms with van der Waals surface area (Å²) in [5.74, 6) is -2.06. The van der Waals surface area contributed by atoms with Crippen molar-refractivity contribution in [3.63, 3.8) is 0 Å². The summed E-state index contributed by atoms with van der Waals surface area (Å²) in [4.78, 5) is -0.831. The maximum absolute atomic E-state index is 13.7. The highest BCUT2D eigenvalue weighted by atomic mass is 32.2. The van der Waals surface area contributed by atoms with E-state index in [9.17, 15) is 17.2 Å². The number of hydrogen-bond acceptors (Lipinski definition) is 3. The Morgan fingerprint density at radius 3 is 2.50 bits per heavy atom. The lowest BCUT2D eigenvalue weighted by Crippen LogP contribution is -2.34. The van der Waals surface area contributed by atoms with Crippen LogP contribution in [0.2, 0.25) is 0 Å². The van der Waals surface area contributed by atoms with Crippen molar-refractivity contribution in [1.82, 2.24) is 9.62 Å². The van der Waals surface area contributed by atoms with Gasteiger partial charge in [-0.1, -0.05) is 6.07 Å². The molecule has 0 amide bonds. The van der Waals surface area contributed by atoms with Gasteiger partial charge in [-0.05, 0) is 36.9 Å². The van der Waals surface area contributed by atoms with E-state index < -0.39 is 26.6 Å². The fraction of sp³-hybridized carbons (Fsp3) is 0.538. The maximum atomic E-state index is 13.7. The highest BCUT2D eigenvalue weighted by Crippen LogP contribution is 2.38. The molecule has 1 spiro atoms. The number of hydrogen-bond donors (Lipinski definition) is 1. The van der Waals surface area contributed by atoms with E-state index in [1.54, 1.807) is 0 Å². The SMILES string of the molecule is O=S(=O)(c1c(F)cccc1F)N1CCC2(CCNC2)C1. The van der Waals surface area contributed by atoms with Crippen molar-refractivity contribution in [3.8, 4) is 0 Å². The number of rotatable bonds is 2. The molecule has 1 N–H and O–H groups in total. The third-order valence-corrected chi connectivity index (χ3v) is 6.15. The van der Waals surface area contributed by atoms with Crippen molar-refractivity contribution in [1.29, 1.82) is 0 Å². The molecule has 0 aromatic heterocycles. The van der Waals surface area contributed by atoms with E-state index in [1.807, 2.05) is 0 Å². The maximum Gasteiger partial charge on any atom is 0.248 e. The minimum Gasteiger partial charge on any atom is -0.316 e. The minimum atomic E-state index is -4.11. The molecule has 1 aromatic carbocycles. The number of benzene rings is 1. The van der Waals surface area contributed by atoms with Crippen molar-refractivity contribution < 1.29 is 17.2 Å². The zero-order chi connectivity index (χ0) is 14.4. The highest BCUT2D eigenvalue weighted by molar-refractivity contribution is 7.89. The van der Waals surface area contributed by atoms with E-state index >= 15 is 0 Å². The summed E-state index contributed by atoms with van der Waals surface area (Å²) in [6, 6.07) is 3.11. The molecule has 0 aliphatic carbocycles. The normalized spacial score (nSPS) is 27.5. The fourth-order valence-electron chi connectivity index (χ4n) is 3.10. The smallest absolute Gasteiger partial charge is 0.248 e. The molecule has 0 saturated carbocycles. The summed E-state index contributed by atoms with van der Waals surface area (Å²) < 4.78 is 53.5. The van der Waals surface area contributed by atoms with Crippen LogP contribution < -0.4 is 5.32 Å². The molecular weight excluding hydrogens is 286 g/mol. The van der Waals surface area contributed by atoms with Gasteiger partial charge in [0.1, 0.15) is 11.6 Å². The Hall–Kier alpha value is -1.05. The lowest BCUT2D eigenvalue weighted by molar-refractivity contribution is 0.336. The average Bonchev–Trinajstić information content (AvgIpc) is 3.00. The summed E-state index contributed by atoms with van der Waals surface area (Å²) >= 11 is 0. The van der Waals surface area contributed by atoms with Crippen LogP contribution in [0.3, 0.4) is 0 Å². The quantitative estimate of drug-likeness (QED) is 0.897. The van der Waals surface area contributed by atoms with Crippen molar-refractivity contribution >= 4 is 10.0 Å². The van der Waals surface area contributed by atoms with Crippen LogP contribution in [-0.4, -0.2) is 38.9 Å². The van der Waals surface area contributed by atoms with Gasteiger partial charge in [0, 0.05) is 19.6 Å². The van der Waals surface area contributed by atoms with Crippen LogP contribution in [-0.2, 0) is 10.0 Å². The van der Waals surface area contributed by atoms with Gasteiger partial charge in [0.05, 0.1) is 0 Å². The van der Waals surface area contributed by atoms with E-state index in [0.717, 1.165) is 44.1 Å². The monoisotopic (exact) mass is 302 g/mol. The van der Waals surface area contributed by atoms with Crippen LogP contribution in [0.1, 0.15) is 12.8 Å². The molecule has 0 radical (unpaired) electrons. The first-order valence-electron chi connectivity index (χ1n) is 6.60. The van der Waals surface area contributed by atoms with Crippen LogP contribution >= 0.6 is 0 Å². The lowest BCUT2D eigenvalue weighted by Gasteiger charge is -2.22. The van der Waals surface area contributed by atoms with Gasteiger partial charge in [-0.25, -0.2) is 17.2 Å². The largest absolute Gasteiger partial charge is 0.316 e. The van der Waals surface area contributed by atoms with Gasteiger partial charge < -0.3 is 5.32 Å². The molecule has 4 nitrogen and oxygen atoms in total. The van der Waals surface area contributed by atoms with E-state index in [2.05, 4.69) is 5.32 Å². The number of nitrogens with one attached hydrogen (secondary N) is 1. The number of nitrogens with zero attached hydrogens (tertiary/aromatic N) is 1. The van der Waals surface area contributed by atoms with Crippen molar-refractivity contribution in [2.45, 2.75) is 17.7 Å². The molecule has 7 heteroatoms. The van der Waals surface area contributed by atoms with Gasteiger partial charge in [0.15, 0.2) is 4.90 Å². The number of halogens is 2. The Labute approximate surface area is 116 Å².